The van der Waals surface area contributed by atoms with Gasteiger partial charge in [0.05, 0.1) is 23.5 Å². The van der Waals surface area contributed by atoms with Gasteiger partial charge >= 0.3 is 11.4 Å². The number of nitrogens with one attached hydrogen (secondary N) is 1. The number of hydrogen-bond acceptors (Lipinski definition) is 6. The van der Waals surface area contributed by atoms with Crippen LogP contribution in [0.1, 0.15) is 23.6 Å². The first-order valence-electron chi connectivity index (χ1n) is 8.63. The Hall–Kier alpha value is -3.72. The van der Waals surface area contributed by atoms with Crippen molar-refractivity contribution in [1.82, 2.24) is 0 Å². The van der Waals surface area contributed by atoms with Gasteiger partial charge in [0, 0.05) is 23.3 Å². The third-order valence-electron chi connectivity index (χ3n) is 3.92. The van der Waals surface area contributed by atoms with Crippen molar-refractivity contribution in [2.75, 3.05) is 0 Å². The smallest absolute Gasteiger partial charge is 0.457 e. The molecule has 0 radical (unpaired) electrons. The van der Waals surface area contributed by atoms with Gasteiger partial charge in [-0.25, -0.2) is 18.2 Å². The van der Waals surface area contributed by atoms with Crippen molar-refractivity contribution < 1.29 is 40.9 Å². The van der Waals surface area contributed by atoms with Gasteiger partial charge in [0.2, 0.25) is 5.90 Å². The van der Waals surface area contributed by atoms with Crippen molar-refractivity contribution in [2.24, 2.45) is 0 Å². The molecule has 168 valence electrons. The fourth-order valence-electron chi connectivity index (χ4n) is 2.54. The fourth-order valence-corrected chi connectivity index (χ4v) is 3.55. The number of nitrogens with zero attached hydrogens (tertiary/aromatic N) is 1. The van der Waals surface area contributed by atoms with Gasteiger partial charge in [0.1, 0.15) is 17.3 Å². The molecular weight excluding hydrogens is 454 g/mol. The first-order valence-corrected chi connectivity index (χ1v) is 10.1. The average molecular weight is 470 g/mol. The molecule has 0 saturated heterocycles. The highest BCUT2D eigenvalue weighted by molar-refractivity contribution is 7.92. The number of benzene rings is 2. The Morgan fingerprint density at radius 3 is 2.47 bits per heavy atom. The Labute approximate surface area is 180 Å². The van der Waals surface area contributed by atoms with Gasteiger partial charge < -0.3 is 9.47 Å². The number of ether oxygens (including phenoxy) is 2. The van der Waals surface area contributed by atoms with Crippen molar-refractivity contribution in [2.45, 2.75) is 24.3 Å². The minimum atomic E-state index is -5.76. The van der Waals surface area contributed by atoms with Crippen LogP contribution in [0.5, 0.6) is 11.5 Å². The third-order valence-corrected chi connectivity index (χ3v) is 5.46. The molecule has 0 spiro atoms. The normalized spacial score (nSPS) is 11.8. The molecule has 0 saturated carbocycles. The number of sulfone groups is 1. The zero-order valence-electron chi connectivity index (χ0n) is 16.6. The number of hydrogen-bond donors (Lipinski definition) is 2. The van der Waals surface area contributed by atoms with Crippen LogP contribution in [0.3, 0.4) is 0 Å². The monoisotopic (exact) mass is 470 g/mol. The largest absolute Gasteiger partial charge is 0.501 e. The van der Waals surface area contributed by atoms with E-state index in [4.69, 9.17) is 25.6 Å². The van der Waals surface area contributed by atoms with Crippen molar-refractivity contribution >= 4 is 27.7 Å². The van der Waals surface area contributed by atoms with Crippen molar-refractivity contribution in [3.8, 4) is 17.6 Å². The summed E-state index contributed by atoms with van der Waals surface area (Å²) in [5.41, 5.74) is -6.14. The average Bonchev–Trinajstić information content (AvgIpc) is 2.66. The first kappa shape index (κ1) is 24.5. The molecule has 0 aromatic heterocycles. The van der Waals surface area contributed by atoms with Gasteiger partial charge in [0.15, 0.2) is 0 Å². The lowest BCUT2D eigenvalue weighted by Gasteiger charge is -2.16. The molecule has 0 aliphatic carbocycles. The highest BCUT2D eigenvalue weighted by atomic mass is 32.2. The quantitative estimate of drug-likeness (QED) is 0.394. The number of alkyl halides is 3. The molecule has 2 rings (SSSR count). The molecule has 12 heteroatoms. The summed E-state index contributed by atoms with van der Waals surface area (Å²) >= 11 is 0. The molecular formula is C20H16F4N3O4S+. The SMILES string of the molecule is CC(=[NH2+])OC(=N)/C=C/c1c(S(=O)(=O)C(F)(F)F)ccc(Oc2cc(F)cc(C#N)c2)c1C. The summed E-state index contributed by atoms with van der Waals surface area (Å²) < 4.78 is 87.6. The van der Waals surface area contributed by atoms with E-state index in [1.165, 1.54) is 19.9 Å². The molecule has 2 aromatic carbocycles. The highest BCUT2D eigenvalue weighted by Crippen LogP contribution is 2.38. The predicted octanol–water partition coefficient (Wildman–Crippen LogP) is 3.28. The molecule has 0 bridgehead atoms. The van der Waals surface area contributed by atoms with Crippen molar-refractivity contribution in [1.29, 1.82) is 10.7 Å². The highest BCUT2D eigenvalue weighted by Gasteiger charge is 2.48. The summed E-state index contributed by atoms with van der Waals surface area (Å²) in [7, 11) is -5.76. The van der Waals surface area contributed by atoms with E-state index in [2.05, 4.69) is 0 Å². The maximum Gasteiger partial charge on any atom is 0.501 e. The summed E-state index contributed by atoms with van der Waals surface area (Å²) in [6, 6.07) is 6.48. The fraction of sp³-hybridized carbons (Fsp3) is 0.150. The Morgan fingerprint density at radius 1 is 1.25 bits per heavy atom. The van der Waals surface area contributed by atoms with Crippen LogP contribution in [0.15, 0.2) is 41.3 Å². The lowest BCUT2D eigenvalue weighted by Crippen LogP contribution is -2.40. The van der Waals surface area contributed by atoms with Gasteiger partial charge in [-0.2, -0.15) is 18.4 Å². The molecule has 0 aliphatic heterocycles. The van der Waals surface area contributed by atoms with Crippen LogP contribution in [-0.4, -0.2) is 25.7 Å². The number of halogens is 4. The molecule has 0 atom stereocenters. The Kier molecular flexibility index (Phi) is 7.05. The maximum absolute atomic E-state index is 13.7. The van der Waals surface area contributed by atoms with Crippen LogP contribution in [0.4, 0.5) is 17.6 Å². The summed E-state index contributed by atoms with van der Waals surface area (Å²) in [6.07, 6.45) is 1.84. The lowest BCUT2D eigenvalue weighted by molar-refractivity contribution is -0.132. The van der Waals surface area contributed by atoms with E-state index >= 15 is 0 Å². The van der Waals surface area contributed by atoms with E-state index < -0.39 is 37.5 Å². The third kappa shape index (κ3) is 5.50. The summed E-state index contributed by atoms with van der Waals surface area (Å²) in [4.78, 5) is -1.08. The van der Waals surface area contributed by atoms with E-state index in [1.54, 1.807) is 6.07 Å². The van der Waals surface area contributed by atoms with Gasteiger partial charge in [-0.1, -0.05) is 0 Å². The number of nitrogens with two attached hydrogens (primary N) is 1. The lowest BCUT2D eigenvalue weighted by atomic mass is 10.1. The van der Waals surface area contributed by atoms with E-state index in [0.717, 1.165) is 30.4 Å². The molecule has 0 aliphatic rings. The topological polar surface area (TPSA) is 126 Å². The zero-order chi connectivity index (χ0) is 24.3. The van der Waals surface area contributed by atoms with Crippen LogP contribution >= 0.6 is 0 Å². The summed E-state index contributed by atoms with van der Waals surface area (Å²) in [5, 5.41) is 21.8. The maximum atomic E-state index is 13.7. The number of nitriles is 1. The van der Waals surface area contributed by atoms with Crippen LogP contribution in [-0.2, 0) is 14.6 Å². The number of rotatable bonds is 5. The van der Waals surface area contributed by atoms with Crippen LogP contribution in [0, 0.1) is 29.5 Å². The van der Waals surface area contributed by atoms with E-state index in [0.29, 0.717) is 6.07 Å². The second-order valence-electron chi connectivity index (χ2n) is 6.35. The standard InChI is InChI=1S/C20H15F4N3O4S/c1-11-16(3-6-19(27)30-12(2)26)18(32(28,29)20(22,23)24)5-4-17(11)31-15-8-13(10-25)7-14(21)9-15/h3-9,26-27H,1-2H3/p+1/b6-3+,26-12?,27-19?. The van der Waals surface area contributed by atoms with Gasteiger partial charge in [-0.15, -0.1) is 0 Å². The predicted molar refractivity (Wildman–Crippen MR) is 106 cm³/mol. The summed E-state index contributed by atoms with van der Waals surface area (Å²) in [6.45, 7) is 2.61. The second-order valence-corrected chi connectivity index (χ2v) is 8.26. The minimum Gasteiger partial charge on any atom is -0.457 e. The van der Waals surface area contributed by atoms with Crippen molar-refractivity contribution in [3.63, 3.8) is 0 Å². The van der Waals surface area contributed by atoms with E-state index in [1.807, 2.05) is 0 Å². The molecule has 32 heavy (non-hydrogen) atoms. The molecule has 2 aromatic rings. The van der Waals surface area contributed by atoms with Gasteiger partial charge in [-0.05, 0) is 37.3 Å². The molecule has 0 unspecified atom stereocenters. The van der Waals surface area contributed by atoms with Gasteiger partial charge in [0.25, 0.3) is 9.84 Å². The molecule has 0 heterocycles. The second kappa shape index (κ2) is 9.19. The molecule has 0 amide bonds. The van der Waals surface area contributed by atoms with Crippen molar-refractivity contribution in [3.05, 3.63) is 58.9 Å². The molecule has 0 fully saturated rings. The van der Waals surface area contributed by atoms with Crippen LogP contribution in [0.25, 0.3) is 6.08 Å². The van der Waals surface area contributed by atoms with E-state index in [9.17, 15) is 26.0 Å². The summed E-state index contributed by atoms with van der Waals surface area (Å²) in [5.74, 6) is -1.69. The minimum absolute atomic E-state index is 0.0596. The first-order chi connectivity index (χ1) is 14.8. The zero-order valence-corrected chi connectivity index (χ0v) is 17.4. The molecule has 3 N–H and O–H groups in total. The molecule has 7 nitrogen and oxygen atoms in total. The van der Waals surface area contributed by atoms with Gasteiger partial charge in [-0.3, -0.25) is 5.41 Å². The van der Waals surface area contributed by atoms with Crippen LogP contribution in [0.2, 0.25) is 0 Å². The van der Waals surface area contributed by atoms with Crippen LogP contribution < -0.4 is 10.1 Å². The Morgan fingerprint density at radius 2 is 1.91 bits per heavy atom. The Balaban J connectivity index is 2.64. The Bertz CT molecular complexity index is 1260. The van der Waals surface area contributed by atoms with E-state index in [-0.39, 0.29) is 28.5 Å².